The summed E-state index contributed by atoms with van der Waals surface area (Å²) in [6.45, 7) is 5.02. The molecular weight excluding hydrogens is 310 g/mol. The minimum Gasteiger partial charge on any atom is -0.342 e. The summed E-state index contributed by atoms with van der Waals surface area (Å²) in [6.07, 6.45) is 3.88. The van der Waals surface area contributed by atoms with Crippen LogP contribution in [-0.2, 0) is 20.1 Å². The molecule has 1 aliphatic heterocycles. The number of aromatic nitrogens is 1. The number of likely N-dealkylation sites (tertiary alicyclic amines) is 1. The molecule has 0 N–H and O–H groups in total. The van der Waals surface area contributed by atoms with Gasteiger partial charge in [-0.15, -0.1) is 0 Å². The van der Waals surface area contributed by atoms with Crippen LogP contribution >= 0.6 is 0 Å². The molecule has 1 fully saturated rings. The highest BCUT2D eigenvalue weighted by atomic mass is 16.2. The summed E-state index contributed by atoms with van der Waals surface area (Å²) in [5, 5.41) is 0. The smallest absolute Gasteiger partial charge is 0.270 e. The van der Waals surface area contributed by atoms with Crippen molar-refractivity contribution in [3.8, 4) is 0 Å². The fourth-order valence-electron chi connectivity index (χ4n) is 3.65. The second-order valence-corrected chi connectivity index (χ2v) is 7.23. The Kier molecular flexibility index (Phi) is 5.59. The van der Waals surface area contributed by atoms with Crippen LogP contribution < -0.4 is 0 Å². The number of piperidine rings is 1. The van der Waals surface area contributed by atoms with Gasteiger partial charge in [0.1, 0.15) is 5.69 Å². The molecule has 134 valence electrons. The van der Waals surface area contributed by atoms with Gasteiger partial charge in [0, 0.05) is 38.9 Å². The fraction of sp³-hybridized carbons (Fsp3) is 0.476. The zero-order valence-corrected chi connectivity index (χ0v) is 15.6. The first-order valence-electron chi connectivity index (χ1n) is 9.24. The van der Waals surface area contributed by atoms with E-state index in [1.165, 1.54) is 25.0 Å². The highest BCUT2D eigenvalue weighted by Gasteiger charge is 2.21. The van der Waals surface area contributed by atoms with Crippen LogP contribution in [0.15, 0.2) is 42.5 Å². The molecule has 1 aromatic heterocycles. The van der Waals surface area contributed by atoms with Crippen molar-refractivity contribution in [2.75, 3.05) is 13.6 Å². The lowest BCUT2D eigenvalue weighted by molar-refractivity contribution is 0.0774. The largest absolute Gasteiger partial charge is 0.342 e. The number of benzene rings is 1. The molecule has 2 aromatic rings. The van der Waals surface area contributed by atoms with Gasteiger partial charge in [-0.2, -0.15) is 0 Å². The Balaban J connectivity index is 1.68. The SMILES string of the molecule is CC1CCCCN1Cc1ccc(C(=O)N(C)Cc2ccccc2)n1C. The van der Waals surface area contributed by atoms with Crippen molar-refractivity contribution in [3.05, 3.63) is 59.4 Å². The lowest BCUT2D eigenvalue weighted by Gasteiger charge is -2.33. The number of hydrogen-bond acceptors (Lipinski definition) is 2. The first-order chi connectivity index (χ1) is 12.1. The third-order valence-corrected chi connectivity index (χ3v) is 5.36. The summed E-state index contributed by atoms with van der Waals surface area (Å²) in [5.41, 5.74) is 3.12. The molecule has 0 saturated carbocycles. The Hall–Kier alpha value is -2.07. The van der Waals surface area contributed by atoms with E-state index in [2.05, 4.69) is 34.6 Å². The second kappa shape index (κ2) is 7.87. The van der Waals surface area contributed by atoms with Crippen molar-refractivity contribution in [1.82, 2.24) is 14.4 Å². The van der Waals surface area contributed by atoms with E-state index in [9.17, 15) is 4.79 Å². The van der Waals surface area contributed by atoms with Crippen LogP contribution in [0.3, 0.4) is 0 Å². The average molecular weight is 339 g/mol. The van der Waals surface area contributed by atoms with Crippen molar-refractivity contribution < 1.29 is 4.79 Å². The van der Waals surface area contributed by atoms with Gasteiger partial charge in [-0.1, -0.05) is 36.8 Å². The molecule has 0 bridgehead atoms. The fourth-order valence-corrected chi connectivity index (χ4v) is 3.65. The molecule has 0 spiro atoms. The number of amides is 1. The van der Waals surface area contributed by atoms with E-state index in [1.54, 1.807) is 4.90 Å². The van der Waals surface area contributed by atoms with Gasteiger partial charge in [-0.3, -0.25) is 9.69 Å². The molecular formula is C21H29N3O. The highest BCUT2D eigenvalue weighted by molar-refractivity contribution is 5.92. The predicted molar refractivity (Wildman–Crippen MR) is 101 cm³/mol. The third-order valence-electron chi connectivity index (χ3n) is 5.36. The van der Waals surface area contributed by atoms with Crippen LogP contribution in [0.1, 0.15) is 47.9 Å². The lowest BCUT2D eigenvalue weighted by Crippen LogP contribution is -2.37. The van der Waals surface area contributed by atoms with Crippen LogP contribution in [0, 0.1) is 0 Å². The Morgan fingerprint density at radius 1 is 1.16 bits per heavy atom. The zero-order chi connectivity index (χ0) is 17.8. The van der Waals surface area contributed by atoms with Crippen molar-refractivity contribution in [1.29, 1.82) is 0 Å². The maximum atomic E-state index is 12.8. The van der Waals surface area contributed by atoms with Crippen LogP contribution in [0.25, 0.3) is 0 Å². The quantitative estimate of drug-likeness (QED) is 0.831. The molecule has 1 saturated heterocycles. The molecule has 0 radical (unpaired) electrons. The van der Waals surface area contributed by atoms with Crippen LogP contribution in [0.4, 0.5) is 0 Å². The summed E-state index contributed by atoms with van der Waals surface area (Å²) < 4.78 is 2.06. The van der Waals surface area contributed by atoms with Gasteiger partial charge in [0.15, 0.2) is 0 Å². The topological polar surface area (TPSA) is 28.5 Å². The number of nitrogens with zero attached hydrogens (tertiary/aromatic N) is 3. The summed E-state index contributed by atoms with van der Waals surface area (Å²) in [7, 11) is 3.88. The molecule has 4 nitrogen and oxygen atoms in total. The Morgan fingerprint density at radius 3 is 2.64 bits per heavy atom. The first-order valence-corrected chi connectivity index (χ1v) is 9.24. The molecule has 1 unspecified atom stereocenters. The Bertz CT molecular complexity index is 707. The van der Waals surface area contributed by atoms with Crippen LogP contribution in [0.2, 0.25) is 0 Å². The highest BCUT2D eigenvalue weighted by Crippen LogP contribution is 2.20. The number of carbonyl (C=O) groups excluding carboxylic acids is 1. The van der Waals surface area contributed by atoms with Crippen molar-refractivity contribution >= 4 is 5.91 Å². The lowest BCUT2D eigenvalue weighted by atomic mass is 10.0. The molecule has 0 aliphatic carbocycles. The van der Waals surface area contributed by atoms with E-state index in [0.29, 0.717) is 12.6 Å². The summed E-state index contributed by atoms with van der Waals surface area (Å²) in [5.74, 6) is 0.0734. The van der Waals surface area contributed by atoms with Gasteiger partial charge in [-0.05, 0) is 44.0 Å². The number of carbonyl (C=O) groups is 1. The van der Waals surface area contributed by atoms with E-state index < -0.39 is 0 Å². The van der Waals surface area contributed by atoms with Crippen LogP contribution in [-0.4, -0.2) is 39.9 Å². The van der Waals surface area contributed by atoms with E-state index in [1.807, 2.05) is 38.4 Å². The van der Waals surface area contributed by atoms with Gasteiger partial charge in [0.05, 0.1) is 0 Å². The maximum absolute atomic E-state index is 12.8. The number of hydrogen-bond donors (Lipinski definition) is 0. The summed E-state index contributed by atoms with van der Waals surface area (Å²) in [4.78, 5) is 17.1. The van der Waals surface area contributed by atoms with Crippen molar-refractivity contribution in [2.45, 2.75) is 45.3 Å². The molecule has 4 heteroatoms. The van der Waals surface area contributed by atoms with Gasteiger partial charge < -0.3 is 9.47 Å². The summed E-state index contributed by atoms with van der Waals surface area (Å²) >= 11 is 0. The molecule has 25 heavy (non-hydrogen) atoms. The number of rotatable bonds is 5. The first kappa shape index (κ1) is 17.7. The van der Waals surface area contributed by atoms with E-state index in [-0.39, 0.29) is 5.91 Å². The van der Waals surface area contributed by atoms with Crippen molar-refractivity contribution in [2.24, 2.45) is 7.05 Å². The average Bonchev–Trinajstić information content (AvgIpc) is 2.98. The Labute approximate surface area is 151 Å². The van der Waals surface area contributed by atoms with E-state index >= 15 is 0 Å². The van der Waals surface area contributed by atoms with E-state index in [4.69, 9.17) is 0 Å². The predicted octanol–water partition coefficient (Wildman–Crippen LogP) is 3.67. The molecule has 1 atom stereocenters. The van der Waals surface area contributed by atoms with Gasteiger partial charge in [-0.25, -0.2) is 0 Å². The molecule has 1 aliphatic rings. The normalized spacial score (nSPS) is 18.3. The molecule has 2 heterocycles. The molecule has 1 aromatic carbocycles. The monoisotopic (exact) mass is 339 g/mol. The maximum Gasteiger partial charge on any atom is 0.270 e. The summed E-state index contributed by atoms with van der Waals surface area (Å²) in [6, 6.07) is 14.8. The minimum atomic E-state index is 0.0734. The third kappa shape index (κ3) is 4.13. The van der Waals surface area contributed by atoms with Crippen molar-refractivity contribution in [3.63, 3.8) is 0 Å². The van der Waals surface area contributed by atoms with Gasteiger partial charge in [0.25, 0.3) is 5.91 Å². The van der Waals surface area contributed by atoms with E-state index in [0.717, 1.165) is 24.3 Å². The Morgan fingerprint density at radius 2 is 1.92 bits per heavy atom. The minimum absolute atomic E-state index is 0.0734. The molecule has 3 rings (SSSR count). The van der Waals surface area contributed by atoms with Gasteiger partial charge >= 0.3 is 0 Å². The second-order valence-electron chi connectivity index (χ2n) is 7.23. The zero-order valence-electron chi connectivity index (χ0n) is 15.6. The molecule has 1 amide bonds. The van der Waals surface area contributed by atoms with Gasteiger partial charge in [0.2, 0.25) is 0 Å². The standard InChI is InChI=1S/C21H29N3O/c1-17-9-7-8-14-24(17)16-19-12-13-20(23(19)3)21(25)22(2)15-18-10-5-4-6-11-18/h4-6,10-13,17H,7-9,14-16H2,1-3H3. The van der Waals surface area contributed by atoms with Crippen LogP contribution in [0.5, 0.6) is 0 Å².